The number of rotatable bonds is 2. The maximum Gasteiger partial charge on any atom is 0.454 e. The number of carbonyl (C=O) groups excluding carboxylic acids is 1. The van der Waals surface area contributed by atoms with E-state index in [1.807, 2.05) is 24.3 Å². The van der Waals surface area contributed by atoms with E-state index in [4.69, 9.17) is 0 Å². The molecule has 0 atom stereocenters. The second-order valence-corrected chi connectivity index (χ2v) is 4.59. The Kier molecular flexibility index (Phi) is 3.64. The van der Waals surface area contributed by atoms with Crippen molar-refractivity contribution in [1.29, 1.82) is 0 Å². The number of fused-ring (bicyclic) bond motifs is 1. The Hall–Kier alpha value is -1.78. The van der Waals surface area contributed by atoms with E-state index in [1.165, 1.54) is 12.5 Å². The zero-order valence-electron chi connectivity index (χ0n) is 10.5. The molecule has 0 spiro atoms. The van der Waals surface area contributed by atoms with Crippen LogP contribution in [-0.2, 0) is 17.8 Å². The van der Waals surface area contributed by atoms with Crippen LogP contribution < -0.4 is 0 Å². The molecule has 1 aromatic rings. The molecule has 2 nitrogen and oxygen atoms in total. The number of ketones is 1. The van der Waals surface area contributed by atoms with Crippen LogP contribution >= 0.6 is 0 Å². The first-order valence-corrected chi connectivity index (χ1v) is 5.99. The number of halogens is 3. The number of nitrogens with zero attached hydrogens (tertiary/aromatic N) is 1. The number of alkyl halides is 3. The smallest absolute Gasteiger partial charge is 0.370 e. The molecule has 0 N–H and O–H groups in total. The first kappa shape index (κ1) is 13.6. The van der Waals surface area contributed by atoms with Crippen molar-refractivity contribution >= 4 is 5.78 Å². The molecular formula is C14H14F3NO. The van der Waals surface area contributed by atoms with Crippen molar-refractivity contribution in [2.24, 2.45) is 0 Å². The van der Waals surface area contributed by atoms with Gasteiger partial charge in [0.05, 0.1) is 0 Å². The summed E-state index contributed by atoms with van der Waals surface area (Å²) in [6.07, 6.45) is -3.34. The molecule has 0 unspecified atom stereocenters. The fourth-order valence-electron chi connectivity index (χ4n) is 2.16. The molecule has 2 rings (SSSR count). The third-order valence-corrected chi connectivity index (χ3v) is 3.25. The van der Waals surface area contributed by atoms with E-state index in [2.05, 4.69) is 0 Å². The number of hydrogen-bond acceptors (Lipinski definition) is 2. The van der Waals surface area contributed by atoms with E-state index in [9.17, 15) is 18.0 Å². The first-order chi connectivity index (χ1) is 8.88. The highest BCUT2D eigenvalue weighted by Gasteiger charge is 2.36. The average Bonchev–Trinajstić information content (AvgIpc) is 2.37. The van der Waals surface area contributed by atoms with Gasteiger partial charge in [0, 0.05) is 24.9 Å². The Morgan fingerprint density at radius 2 is 1.89 bits per heavy atom. The molecule has 0 radical (unpaired) electrons. The third-order valence-electron chi connectivity index (χ3n) is 3.25. The van der Waals surface area contributed by atoms with Crippen molar-refractivity contribution in [2.75, 3.05) is 6.54 Å². The minimum atomic E-state index is -4.80. The molecular weight excluding hydrogens is 255 g/mol. The number of allylic oxidation sites excluding steroid dienone is 2. The van der Waals surface area contributed by atoms with Crippen LogP contribution in [-0.4, -0.2) is 23.4 Å². The number of hydrogen-bond donors (Lipinski definition) is 0. The van der Waals surface area contributed by atoms with E-state index in [0.29, 0.717) is 24.9 Å². The van der Waals surface area contributed by atoms with Crippen molar-refractivity contribution in [3.05, 3.63) is 47.2 Å². The zero-order valence-corrected chi connectivity index (χ0v) is 10.5. The summed E-state index contributed by atoms with van der Waals surface area (Å²) in [7, 11) is 0. The van der Waals surface area contributed by atoms with Gasteiger partial charge in [-0.1, -0.05) is 24.3 Å². The minimum absolute atomic E-state index is 0.358. The highest BCUT2D eigenvalue weighted by molar-refractivity contribution is 5.94. The highest BCUT2D eigenvalue weighted by Crippen LogP contribution is 2.23. The lowest BCUT2D eigenvalue weighted by atomic mass is 9.99. The molecule has 1 aliphatic heterocycles. The van der Waals surface area contributed by atoms with E-state index in [0.717, 1.165) is 12.0 Å². The van der Waals surface area contributed by atoms with Crippen LogP contribution in [0.25, 0.3) is 0 Å². The van der Waals surface area contributed by atoms with E-state index in [1.54, 1.807) is 4.90 Å². The molecule has 0 saturated carbocycles. The minimum Gasteiger partial charge on any atom is -0.370 e. The summed E-state index contributed by atoms with van der Waals surface area (Å²) in [6, 6.07) is 7.83. The van der Waals surface area contributed by atoms with Gasteiger partial charge in [-0.2, -0.15) is 13.2 Å². The summed E-state index contributed by atoms with van der Waals surface area (Å²) in [5.41, 5.74) is 2.67. The molecule has 0 fully saturated rings. The third kappa shape index (κ3) is 3.16. The van der Waals surface area contributed by atoms with Crippen LogP contribution in [0.3, 0.4) is 0 Å². The number of carbonyl (C=O) groups is 1. The lowest BCUT2D eigenvalue weighted by Gasteiger charge is -2.31. The topological polar surface area (TPSA) is 20.3 Å². The molecule has 0 bridgehead atoms. The van der Waals surface area contributed by atoms with Crippen molar-refractivity contribution in [2.45, 2.75) is 26.1 Å². The van der Waals surface area contributed by atoms with Crippen LogP contribution in [0.5, 0.6) is 0 Å². The predicted octanol–water partition coefficient (Wildman–Crippen LogP) is 3.08. The molecule has 0 amide bonds. The van der Waals surface area contributed by atoms with Crippen molar-refractivity contribution in [3.63, 3.8) is 0 Å². The molecule has 102 valence electrons. The van der Waals surface area contributed by atoms with Crippen molar-refractivity contribution in [1.82, 2.24) is 4.90 Å². The van der Waals surface area contributed by atoms with Crippen LogP contribution in [0.15, 0.2) is 36.0 Å². The quantitative estimate of drug-likeness (QED) is 0.769. The van der Waals surface area contributed by atoms with Crippen LogP contribution in [0.4, 0.5) is 13.2 Å². The SMILES string of the molecule is C/C(=C\C(=O)C(F)(F)F)N1CCc2ccccc2C1. The Balaban J connectivity index is 2.13. The van der Waals surface area contributed by atoms with E-state index in [-0.39, 0.29) is 0 Å². The van der Waals surface area contributed by atoms with Gasteiger partial charge in [-0.05, 0) is 24.5 Å². The van der Waals surface area contributed by atoms with Gasteiger partial charge in [-0.3, -0.25) is 4.79 Å². The number of benzene rings is 1. The van der Waals surface area contributed by atoms with Crippen molar-refractivity contribution < 1.29 is 18.0 Å². The molecule has 1 heterocycles. The molecule has 0 aliphatic carbocycles. The Morgan fingerprint density at radius 1 is 1.26 bits per heavy atom. The predicted molar refractivity (Wildman–Crippen MR) is 65.4 cm³/mol. The second-order valence-electron chi connectivity index (χ2n) is 4.59. The fraction of sp³-hybridized carbons (Fsp3) is 0.357. The summed E-state index contributed by atoms with van der Waals surface area (Å²) in [6.45, 7) is 2.71. The van der Waals surface area contributed by atoms with Gasteiger partial charge in [0.2, 0.25) is 0 Å². The van der Waals surface area contributed by atoms with E-state index >= 15 is 0 Å². The average molecular weight is 269 g/mol. The maximum absolute atomic E-state index is 12.2. The largest absolute Gasteiger partial charge is 0.454 e. The van der Waals surface area contributed by atoms with Crippen LogP contribution in [0, 0.1) is 0 Å². The molecule has 0 aromatic heterocycles. The summed E-state index contributed by atoms with van der Waals surface area (Å²) >= 11 is 0. The lowest BCUT2D eigenvalue weighted by Crippen LogP contribution is -2.30. The standard InChI is InChI=1S/C14H14F3NO/c1-10(8-13(19)14(15,16)17)18-7-6-11-4-2-3-5-12(11)9-18/h2-5,8H,6-7,9H2,1H3/b10-8+. The zero-order chi connectivity index (χ0) is 14.0. The van der Waals surface area contributed by atoms with Gasteiger partial charge in [0.15, 0.2) is 0 Å². The first-order valence-electron chi connectivity index (χ1n) is 5.99. The Labute approximate surface area is 109 Å². The Morgan fingerprint density at radius 3 is 2.53 bits per heavy atom. The maximum atomic E-state index is 12.2. The second kappa shape index (κ2) is 5.07. The summed E-state index contributed by atoms with van der Waals surface area (Å²) in [5, 5.41) is 0. The molecule has 1 aliphatic rings. The Bertz CT molecular complexity index is 520. The van der Waals surface area contributed by atoms with Gasteiger partial charge in [0.25, 0.3) is 5.78 Å². The van der Waals surface area contributed by atoms with Gasteiger partial charge >= 0.3 is 6.18 Å². The normalized spacial score (nSPS) is 16.2. The van der Waals surface area contributed by atoms with Crippen LogP contribution in [0.2, 0.25) is 0 Å². The van der Waals surface area contributed by atoms with E-state index < -0.39 is 12.0 Å². The van der Waals surface area contributed by atoms with Gasteiger partial charge in [-0.25, -0.2) is 0 Å². The lowest BCUT2D eigenvalue weighted by molar-refractivity contribution is -0.165. The van der Waals surface area contributed by atoms with Crippen molar-refractivity contribution in [3.8, 4) is 0 Å². The summed E-state index contributed by atoms with van der Waals surface area (Å²) in [4.78, 5) is 12.7. The van der Waals surface area contributed by atoms with Gasteiger partial charge in [-0.15, -0.1) is 0 Å². The molecule has 5 heteroatoms. The molecule has 19 heavy (non-hydrogen) atoms. The summed E-state index contributed by atoms with van der Waals surface area (Å²) < 4.78 is 36.6. The highest BCUT2D eigenvalue weighted by atomic mass is 19.4. The molecule has 1 aromatic carbocycles. The fourth-order valence-corrected chi connectivity index (χ4v) is 2.16. The van der Waals surface area contributed by atoms with Gasteiger partial charge in [0.1, 0.15) is 0 Å². The van der Waals surface area contributed by atoms with Gasteiger partial charge < -0.3 is 4.90 Å². The monoisotopic (exact) mass is 269 g/mol. The molecule has 0 saturated heterocycles. The van der Waals surface area contributed by atoms with Crippen LogP contribution in [0.1, 0.15) is 18.1 Å². The summed E-state index contributed by atoms with van der Waals surface area (Å²) in [5.74, 6) is -1.80.